The van der Waals surface area contributed by atoms with Crippen molar-refractivity contribution < 1.29 is 9.90 Å². The second-order valence-corrected chi connectivity index (χ2v) is 6.46. The molecule has 2 fully saturated rings. The van der Waals surface area contributed by atoms with Crippen LogP contribution < -0.4 is 5.32 Å². The molecule has 1 saturated heterocycles. The van der Waals surface area contributed by atoms with Crippen LogP contribution in [0.5, 0.6) is 0 Å². The summed E-state index contributed by atoms with van der Waals surface area (Å²) in [6, 6.07) is 0. The summed E-state index contributed by atoms with van der Waals surface area (Å²) in [5.74, 6) is 0.835. The van der Waals surface area contributed by atoms with Gasteiger partial charge >= 0.3 is 0 Å². The van der Waals surface area contributed by atoms with Crippen molar-refractivity contribution in [1.29, 1.82) is 0 Å². The Balaban J connectivity index is 1.93. The van der Waals surface area contributed by atoms with E-state index in [0.29, 0.717) is 11.8 Å². The first-order valence-corrected chi connectivity index (χ1v) is 7.72. The highest BCUT2D eigenvalue weighted by atomic mass is 16.3. The van der Waals surface area contributed by atoms with Crippen LogP contribution in [-0.4, -0.2) is 48.7 Å². The molecule has 0 spiro atoms. The molecule has 0 aromatic heterocycles. The van der Waals surface area contributed by atoms with Crippen LogP contribution in [0, 0.1) is 11.3 Å². The van der Waals surface area contributed by atoms with Crippen molar-refractivity contribution in [2.24, 2.45) is 11.3 Å². The van der Waals surface area contributed by atoms with Gasteiger partial charge in [-0.05, 0) is 51.1 Å². The number of hydrogen-bond acceptors (Lipinski definition) is 3. The van der Waals surface area contributed by atoms with Gasteiger partial charge in [0, 0.05) is 13.6 Å². The first-order valence-electron chi connectivity index (χ1n) is 7.72. The molecule has 1 amide bonds. The molecule has 1 saturated carbocycles. The van der Waals surface area contributed by atoms with Crippen LogP contribution in [-0.2, 0) is 4.79 Å². The summed E-state index contributed by atoms with van der Waals surface area (Å²) >= 11 is 0. The Labute approximate surface area is 116 Å². The summed E-state index contributed by atoms with van der Waals surface area (Å²) in [6.07, 6.45) is 5.61. The van der Waals surface area contributed by atoms with E-state index in [1.54, 1.807) is 0 Å². The highest BCUT2D eigenvalue weighted by Crippen LogP contribution is 2.37. The van der Waals surface area contributed by atoms with E-state index in [9.17, 15) is 9.90 Å². The molecule has 2 N–H and O–H groups in total. The summed E-state index contributed by atoms with van der Waals surface area (Å²) in [5, 5.41) is 12.7. The lowest BCUT2D eigenvalue weighted by molar-refractivity contribution is -0.144. The highest BCUT2D eigenvalue weighted by molar-refractivity contribution is 5.82. The molecule has 2 rings (SSSR count). The van der Waals surface area contributed by atoms with Crippen molar-refractivity contribution in [1.82, 2.24) is 10.2 Å². The molecule has 0 bridgehead atoms. The Morgan fingerprint density at radius 3 is 2.53 bits per heavy atom. The first kappa shape index (κ1) is 14.8. The lowest BCUT2D eigenvalue weighted by Crippen LogP contribution is -2.50. The monoisotopic (exact) mass is 268 g/mol. The SMILES string of the molecule is CCCC1(C(=O)N(C)CC2CC(O)C2)CCNCC1. The summed E-state index contributed by atoms with van der Waals surface area (Å²) in [7, 11) is 1.94. The lowest BCUT2D eigenvalue weighted by Gasteiger charge is -2.41. The van der Waals surface area contributed by atoms with Gasteiger partial charge in [-0.3, -0.25) is 4.79 Å². The van der Waals surface area contributed by atoms with E-state index < -0.39 is 0 Å². The van der Waals surface area contributed by atoms with Gasteiger partial charge in [-0.2, -0.15) is 0 Å². The maximum absolute atomic E-state index is 12.8. The summed E-state index contributed by atoms with van der Waals surface area (Å²) in [5.41, 5.74) is -0.128. The van der Waals surface area contributed by atoms with Crippen molar-refractivity contribution in [3.8, 4) is 0 Å². The van der Waals surface area contributed by atoms with Crippen LogP contribution in [0.1, 0.15) is 45.4 Å². The molecule has 0 radical (unpaired) electrons. The molecule has 19 heavy (non-hydrogen) atoms. The van der Waals surface area contributed by atoms with E-state index in [1.165, 1.54) is 0 Å². The summed E-state index contributed by atoms with van der Waals surface area (Å²) in [4.78, 5) is 14.7. The molecule has 110 valence electrons. The predicted octanol–water partition coefficient (Wildman–Crippen LogP) is 1.39. The molecule has 1 aliphatic heterocycles. The Bertz CT molecular complexity index is 302. The van der Waals surface area contributed by atoms with Crippen molar-refractivity contribution in [2.75, 3.05) is 26.7 Å². The topological polar surface area (TPSA) is 52.6 Å². The fourth-order valence-corrected chi connectivity index (χ4v) is 3.68. The minimum Gasteiger partial charge on any atom is -0.393 e. The van der Waals surface area contributed by atoms with Crippen LogP contribution in [0.15, 0.2) is 0 Å². The Morgan fingerprint density at radius 2 is 2.00 bits per heavy atom. The fraction of sp³-hybridized carbons (Fsp3) is 0.933. The molecular weight excluding hydrogens is 240 g/mol. The maximum Gasteiger partial charge on any atom is 0.228 e. The van der Waals surface area contributed by atoms with Crippen molar-refractivity contribution in [3.05, 3.63) is 0 Å². The van der Waals surface area contributed by atoms with Gasteiger partial charge in [0.25, 0.3) is 0 Å². The third kappa shape index (κ3) is 3.29. The number of nitrogens with zero attached hydrogens (tertiary/aromatic N) is 1. The van der Waals surface area contributed by atoms with Gasteiger partial charge in [-0.15, -0.1) is 0 Å². The minimum absolute atomic E-state index is 0.128. The third-order valence-corrected chi connectivity index (χ3v) is 4.83. The van der Waals surface area contributed by atoms with E-state index in [2.05, 4.69) is 12.2 Å². The largest absolute Gasteiger partial charge is 0.393 e. The lowest BCUT2D eigenvalue weighted by atomic mass is 9.73. The molecular formula is C15H28N2O2. The molecule has 1 aliphatic carbocycles. The van der Waals surface area contributed by atoms with Crippen LogP contribution in [0.25, 0.3) is 0 Å². The second kappa shape index (κ2) is 6.23. The van der Waals surface area contributed by atoms with Gasteiger partial charge < -0.3 is 15.3 Å². The number of hydrogen-bond donors (Lipinski definition) is 2. The number of nitrogens with one attached hydrogen (secondary N) is 1. The average molecular weight is 268 g/mol. The number of carbonyl (C=O) groups excluding carboxylic acids is 1. The van der Waals surface area contributed by atoms with Gasteiger partial charge in [0.05, 0.1) is 11.5 Å². The zero-order valence-corrected chi connectivity index (χ0v) is 12.3. The smallest absolute Gasteiger partial charge is 0.228 e. The van der Waals surface area contributed by atoms with Crippen molar-refractivity contribution >= 4 is 5.91 Å². The maximum atomic E-state index is 12.8. The third-order valence-electron chi connectivity index (χ3n) is 4.83. The number of rotatable bonds is 5. The van der Waals surface area contributed by atoms with E-state index in [4.69, 9.17) is 0 Å². The van der Waals surface area contributed by atoms with Gasteiger partial charge in [0.2, 0.25) is 5.91 Å². The first-order chi connectivity index (χ1) is 9.07. The number of amides is 1. The summed E-state index contributed by atoms with van der Waals surface area (Å²) < 4.78 is 0. The van der Waals surface area contributed by atoms with Gasteiger partial charge in [0.15, 0.2) is 0 Å². The summed E-state index contributed by atoms with van der Waals surface area (Å²) in [6.45, 7) is 4.90. The second-order valence-electron chi connectivity index (χ2n) is 6.46. The number of carbonyl (C=O) groups is 1. The molecule has 0 aromatic rings. The van der Waals surface area contributed by atoms with E-state index in [0.717, 1.165) is 58.2 Å². The van der Waals surface area contributed by atoms with Crippen LogP contribution >= 0.6 is 0 Å². The van der Waals surface area contributed by atoms with Crippen molar-refractivity contribution in [2.45, 2.75) is 51.6 Å². The zero-order valence-electron chi connectivity index (χ0n) is 12.3. The number of aliphatic hydroxyl groups excluding tert-OH is 1. The average Bonchev–Trinajstić information content (AvgIpc) is 2.37. The number of aliphatic hydroxyl groups is 1. The molecule has 0 aromatic carbocycles. The van der Waals surface area contributed by atoms with E-state index >= 15 is 0 Å². The zero-order chi connectivity index (χ0) is 13.9. The number of piperidine rings is 1. The molecule has 0 atom stereocenters. The minimum atomic E-state index is -0.128. The molecule has 2 aliphatic rings. The molecule has 1 heterocycles. The Morgan fingerprint density at radius 1 is 1.37 bits per heavy atom. The van der Waals surface area contributed by atoms with Crippen molar-refractivity contribution in [3.63, 3.8) is 0 Å². The standard InChI is InChI=1S/C15H28N2O2/c1-3-4-15(5-7-16-8-6-15)14(19)17(2)11-12-9-13(18)10-12/h12-13,16,18H,3-11H2,1-2H3. The van der Waals surface area contributed by atoms with Crippen LogP contribution in [0.4, 0.5) is 0 Å². The molecule has 4 nitrogen and oxygen atoms in total. The Hall–Kier alpha value is -0.610. The van der Waals surface area contributed by atoms with Gasteiger partial charge in [-0.1, -0.05) is 13.3 Å². The quantitative estimate of drug-likeness (QED) is 0.792. The van der Waals surface area contributed by atoms with E-state index in [1.807, 2.05) is 11.9 Å². The fourth-order valence-electron chi connectivity index (χ4n) is 3.68. The molecule has 4 heteroatoms. The highest BCUT2D eigenvalue weighted by Gasteiger charge is 2.41. The predicted molar refractivity (Wildman–Crippen MR) is 75.8 cm³/mol. The van der Waals surface area contributed by atoms with Crippen LogP contribution in [0.2, 0.25) is 0 Å². The van der Waals surface area contributed by atoms with Gasteiger partial charge in [0.1, 0.15) is 0 Å². The normalized spacial score (nSPS) is 29.6. The Kier molecular flexibility index (Phi) is 4.85. The molecule has 0 unspecified atom stereocenters. The van der Waals surface area contributed by atoms with E-state index in [-0.39, 0.29) is 11.5 Å². The van der Waals surface area contributed by atoms with Gasteiger partial charge in [-0.25, -0.2) is 0 Å². The van der Waals surface area contributed by atoms with Crippen LogP contribution in [0.3, 0.4) is 0 Å².